The maximum absolute atomic E-state index is 13.9. The number of ether oxygens (including phenoxy) is 1. The molecular weight excluding hydrogens is 379 g/mol. The number of alkyl halides is 1. The number of halogens is 4. The third-order valence-corrected chi connectivity index (χ3v) is 3.18. The molecule has 0 saturated carbocycles. The van der Waals surface area contributed by atoms with Gasteiger partial charge in [0.05, 0.1) is 12.2 Å². The molecule has 0 saturated heterocycles. The topological polar surface area (TPSA) is 58.9 Å². The fraction of sp³-hybridized carbons (Fsp3) is 0.333. The molecule has 1 aromatic rings. The summed E-state index contributed by atoms with van der Waals surface area (Å²) in [6, 6.07) is 0.298. The van der Waals surface area contributed by atoms with Crippen LogP contribution in [-0.2, 0) is 9.53 Å². The van der Waals surface area contributed by atoms with E-state index in [1.165, 1.54) is 0 Å². The number of benzene rings is 1. The van der Waals surface area contributed by atoms with Gasteiger partial charge in [-0.25, -0.2) is 18.0 Å². The fourth-order valence-electron chi connectivity index (χ4n) is 1.76. The van der Waals surface area contributed by atoms with E-state index >= 15 is 0 Å². The largest absolute Gasteiger partial charge is 0.506 e. The van der Waals surface area contributed by atoms with E-state index in [4.69, 9.17) is 4.74 Å². The molecule has 1 rings (SSSR count). The number of carbonyl (C=O) groups excluding carboxylic acids is 1. The van der Waals surface area contributed by atoms with Gasteiger partial charge in [-0.05, 0) is 13.8 Å². The van der Waals surface area contributed by atoms with Crippen LogP contribution in [0.5, 0.6) is 0 Å². The first-order chi connectivity index (χ1) is 10.8. The maximum Gasteiger partial charge on any atom is 0.343 e. The van der Waals surface area contributed by atoms with E-state index in [0.29, 0.717) is 11.4 Å². The highest BCUT2D eigenvalue weighted by atomic mass is 79.9. The molecule has 0 amide bonds. The molecule has 0 unspecified atom stereocenters. The predicted molar refractivity (Wildman–Crippen MR) is 84.4 cm³/mol. The average Bonchev–Trinajstić information content (AvgIpc) is 2.49. The quantitative estimate of drug-likeness (QED) is 0.200. The highest BCUT2D eigenvalue weighted by Gasteiger charge is 2.23. The number of aliphatic hydroxyl groups is 1. The summed E-state index contributed by atoms with van der Waals surface area (Å²) in [4.78, 5) is 15.8. The van der Waals surface area contributed by atoms with Gasteiger partial charge in [-0.15, -0.1) is 0 Å². The van der Waals surface area contributed by atoms with Gasteiger partial charge in [0.1, 0.15) is 17.1 Å². The zero-order chi connectivity index (χ0) is 17.6. The van der Waals surface area contributed by atoms with Crippen molar-refractivity contribution in [3.05, 3.63) is 40.2 Å². The van der Waals surface area contributed by atoms with Crippen molar-refractivity contribution in [2.75, 3.05) is 18.5 Å². The van der Waals surface area contributed by atoms with Crippen LogP contribution in [0.4, 0.5) is 13.2 Å². The third-order valence-electron chi connectivity index (χ3n) is 2.83. The lowest BCUT2D eigenvalue weighted by atomic mass is 10.0. The lowest BCUT2D eigenvalue weighted by Gasteiger charge is -2.11. The summed E-state index contributed by atoms with van der Waals surface area (Å²) in [6.45, 7) is 2.94. The van der Waals surface area contributed by atoms with Crippen LogP contribution in [0.3, 0.4) is 0 Å². The molecule has 0 fully saturated rings. The van der Waals surface area contributed by atoms with Gasteiger partial charge < -0.3 is 9.84 Å². The Morgan fingerprint density at radius 3 is 2.61 bits per heavy atom. The Bertz CT molecular complexity index is 660. The average molecular weight is 394 g/mol. The van der Waals surface area contributed by atoms with E-state index in [2.05, 4.69) is 20.9 Å². The lowest BCUT2D eigenvalue weighted by molar-refractivity contribution is -0.137. The first kappa shape index (κ1) is 19.2. The number of nitrogens with zero attached hydrogens (tertiary/aromatic N) is 1. The molecule has 23 heavy (non-hydrogen) atoms. The number of aliphatic imine (C=N–C) groups is 1. The van der Waals surface area contributed by atoms with Crippen LogP contribution < -0.4 is 0 Å². The van der Waals surface area contributed by atoms with Gasteiger partial charge in [-0.3, -0.25) is 4.99 Å². The minimum atomic E-state index is -1.39. The SMILES string of the molecule is CCOC(=O)/C(C=NCCBr)=C(/O)c1c(F)cc(F)c(F)c1C. The lowest BCUT2D eigenvalue weighted by Crippen LogP contribution is -2.13. The Kier molecular flexibility index (Phi) is 7.28. The molecule has 0 radical (unpaired) electrons. The fourth-order valence-corrected chi connectivity index (χ4v) is 1.97. The Morgan fingerprint density at radius 2 is 2.04 bits per heavy atom. The number of rotatable bonds is 6. The van der Waals surface area contributed by atoms with Crippen LogP contribution in [-0.4, -0.2) is 35.8 Å². The van der Waals surface area contributed by atoms with Gasteiger partial charge in [0.25, 0.3) is 0 Å². The van der Waals surface area contributed by atoms with E-state index in [0.717, 1.165) is 13.1 Å². The molecule has 8 heteroatoms. The zero-order valence-corrected chi connectivity index (χ0v) is 14.1. The maximum atomic E-state index is 13.9. The van der Waals surface area contributed by atoms with Crippen molar-refractivity contribution in [2.24, 2.45) is 4.99 Å². The van der Waals surface area contributed by atoms with Crippen molar-refractivity contribution in [2.45, 2.75) is 13.8 Å². The van der Waals surface area contributed by atoms with Gasteiger partial charge in [0.2, 0.25) is 0 Å². The van der Waals surface area contributed by atoms with Gasteiger partial charge in [-0.2, -0.15) is 0 Å². The molecule has 1 aromatic carbocycles. The van der Waals surface area contributed by atoms with Crippen molar-refractivity contribution in [3.8, 4) is 0 Å². The van der Waals surface area contributed by atoms with E-state index in [9.17, 15) is 23.1 Å². The number of aliphatic hydroxyl groups excluding tert-OH is 1. The number of carbonyl (C=O) groups is 1. The van der Waals surface area contributed by atoms with E-state index in [1.807, 2.05) is 0 Å². The summed E-state index contributed by atoms with van der Waals surface area (Å²) in [5.74, 6) is -5.71. The Morgan fingerprint density at radius 1 is 1.39 bits per heavy atom. The Balaban J connectivity index is 3.52. The molecule has 0 atom stereocenters. The van der Waals surface area contributed by atoms with Crippen molar-refractivity contribution in [1.29, 1.82) is 0 Å². The molecule has 4 nitrogen and oxygen atoms in total. The zero-order valence-electron chi connectivity index (χ0n) is 12.5. The summed E-state index contributed by atoms with van der Waals surface area (Å²) in [7, 11) is 0. The van der Waals surface area contributed by atoms with Crippen LogP contribution in [0.1, 0.15) is 18.1 Å². The molecule has 1 N–H and O–H groups in total. The van der Waals surface area contributed by atoms with Gasteiger partial charge >= 0.3 is 5.97 Å². The second-order valence-electron chi connectivity index (χ2n) is 4.36. The second-order valence-corrected chi connectivity index (χ2v) is 5.15. The van der Waals surface area contributed by atoms with Crippen LogP contribution >= 0.6 is 15.9 Å². The standard InChI is InChI=1S/C15H15BrF3NO3/c1-3-23-15(22)9(7-20-5-4-16)14(21)12-8(2)13(19)11(18)6-10(12)17/h6-7,21H,3-5H2,1-2H3/b14-9+,20-7?. The molecule has 0 spiro atoms. The monoisotopic (exact) mass is 393 g/mol. The first-order valence-electron chi connectivity index (χ1n) is 6.65. The van der Waals surface area contributed by atoms with Crippen LogP contribution in [0.25, 0.3) is 5.76 Å². The minimum Gasteiger partial charge on any atom is -0.506 e. The first-order valence-corrected chi connectivity index (χ1v) is 7.77. The molecule has 0 bridgehead atoms. The third kappa shape index (κ3) is 4.57. The molecule has 126 valence electrons. The van der Waals surface area contributed by atoms with Crippen molar-refractivity contribution >= 4 is 33.9 Å². The number of esters is 1. The van der Waals surface area contributed by atoms with E-state index in [1.54, 1.807) is 6.92 Å². The predicted octanol–water partition coefficient (Wildman–Crippen LogP) is 3.71. The Hall–Kier alpha value is -1.83. The Labute approximate surface area is 139 Å². The van der Waals surface area contributed by atoms with Gasteiger partial charge in [0, 0.05) is 29.7 Å². The van der Waals surface area contributed by atoms with Crippen LogP contribution in [0.2, 0.25) is 0 Å². The smallest absolute Gasteiger partial charge is 0.343 e. The summed E-state index contributed by atoms with van der Waals surface area (Å²) in [6.07, 6.45) is 1.01. The van der Waals surface area contributed by atoms with Crippen LogP contribution in [0.15, 0.2) is 16.6 Å². The number of hydrogen-bond donors (Lipinski definition) is 1. The molecule has 0 heterocycles. The van der Waals surface area contributed by atoms with E-state index < -0.39 is 45.9 Å². The molecule has 0 aliphatic rings. The normalized spacial score (nSPS) is 12.4. The number of hydrogen-bond acceptors (Lipinski definition) is 4. The molecule has 0 aromatic heterocycles. The molecular formula is C15H15BrF3NO3. The molecule has 0 aliphatic carbocycles. The summed E-state index contributed by atoms with van der Waals surface area (Å²) in [5.41, 5.74) is -1.52. The highest BCUT2D eigenvalue weighted by Crippen LogP contribution is 2.27. The van der Waals surface area contributed by atoms with Crippen molar-refractivity contribution in [1.82, 2.24) is 0 Å². The van der Waals surface area contributed by atoms with E-state index in [-0.39, 0.29) is 13.2 Å². The van der Waals surface area contributed by atoms with Crippen LogP contribution in [0, 0.1) is 24.4 Å². The molecule has 0 aliphatic heterocycles. The highest BCUT2D eigenvalue weighted by molar-refractivity contribution is 9.09. The van der Waals surface area contributed by atoms with Crippen molar-refractivity contribution in [3.63, 3.8) is 0 Å². The summed E-state index contributed by atoms with van der Waals surface area (Å²) in [5, 5.41) is 10.7. The van der Waals surface area contributed by atoms with Crippen molar-refractivity contribution < 1.29 is 27.8 Å². The summed E-state index contributed by atoms with van der Waals surface area (Å²) < 4.78 is 45.5. The van der Waals surface area contributed by atoms with Gasteiger partial charge in [-0.1, -0.05) is 15.9 Å². The van der Waals surface area contributed by atoms with Gasteiger partial charge in [0.15, 0.2) is 11.6 Å². The minimum absolute atomic E-state index is 0.0150. The summed E-state index contributed by atoms with van der Waals surface area (Å²) >= 11 is 3.13. The second kappa shape index (κ2) is 8.71.